The third-order valence-corrected chi connectivity index (χ3v) is 2.18. The van der Waals surface area contributed by atoms with Gasteiger partial charge in [0.1, 0.15) is 0 Å². The van der Waals surface area contributed by atoms with Crippen molar-refractivity contribution in [3.63, 3.8) is 0 Å². The van der Waals surface area contributed by atoms with Crippen LogP contribution in [0.5, 0.6) is 0 Å². The molecule has 0 aliphatic heterocycles. The number of carbonyl (C=O) groups excluding carboxylic acids is 1. The van der Waals surface area contributed by atoms with Gasteiger partial charge in [0.2, 0.25) is 0 Å². The average molecular weight is 226 g/mol. The molecule has 1 atom stereocenters. The lowest BCUT2D eigenvalue weighted by atomic mass is 10.0. The number of aliphatic carboxylic acids is 1. The number of rotatable bonds is 5. The van der Waals surface area contributed by atoms with E-state index >= 15 is 0 Å². The fourth-order valence-electron chi connectivity index (χ4n) is 1.12. The van der Waals surface area contributed by atoms with Gasteiger partial charge in [0.25, 0.3) is 0 Å². The van der Waals surface area contributed by atoms with Crippen molar-refractivity contribution in [1.82, 2.24) is 10.2 Å². The van der Waals surface area contributed by atoms with Crippen LogP contribution in [-0.4, -0.2) is 41.6 Å². The van der Waals surface area contributed by atoms with Crippen LogP contribution in [0.25, 0.3) is 0 Å². The zero-order chi connectivity index (χ0) is 12.7. The maximum Gasteiger partial charge on any atom is 0.318 e. The number of carboxylic acids is 1. The maximum atomic E-state index is 11.6. The zero-order valence-electron chi connectivity index (χ0n) is 9.86. The Labute approximate surface area is 95.8 Å². The summed E-state index contributed by atoms with van der Waals surface area (Å²) in [4.78, 5) is 23.5. The summed E-state index contributed by atoms with van der Waals surface area (Å²) >= 11 is 0. The Morgan fingerprint density at radius 3 is 2.44 bits per heavy atom. The van der Waals surface area contributed by atoms with Crippen molar-refractivity contribution in [2.75, 3.05) is 13.6 Å². The van der Waals surface area contributed by atoms with Crippen LogP contribution in [-0.2, 0) is 4.79 Å². The van der Waals surface area contributed by atoms with Crippen molar-refractivity contribution >= 4 is 12.0 Å². The maximum absolute atomic E-state index is 11.6. The molecule has 1 unspecified atom stereocenters. The van der Waals surface area contributed by atoms with Crippen molar-refractivity contribution in [1.29, 1.82) is 0 Å². The molecular weight excluding hydrogens is 208 g/mol. The van der Waals surface area contributed by atoms with Gasteiger partial charge in [0.15, 0.2) is 0 Å². The van der Waals surface area contributed by atoms with Crippen LogP contribution >= 0.6 is 0 Å². The fourth-order valence-corrected chi connectivity index (χ4v) is 1.12. The third-order valence-electron chi connectivity index (χ3n) is 2.18. The van der Waals surface area contributed by atoms with Crippen LogP contribution < -0.4 is 5.32 Å². The normalized spacial score (nSPS) is 11.7. The molecular formula is C11H18N2O3. The first-order valence-electron chi connectivity index (χ1n) is 5.05. The van der Waals surface area contributed by atoms with Crippen LogP contribution in [0, 0.1) is 18.3 Å². The van der Waals surface area contributed by atoms with Gasteiger partial charge in [-0.2, -0.15) is 0 Å². The minimum absolute atomic E-state index is 0.0549. The van der Waals surface area contributed by atoms with Gasteiger partial charge in [0.05, 0.1) is 13.0 Å². The Kier molecular flexibility index (Phi) is 6.01. The number of nitrogens with zero attached hydrogens (tertiary/aromatic N) is 1. The molecule has 90 valence electrons. The van der Waals surface area contributed by atoms with Gasteiger partial charge in [0, 0.05) is 13.1 Å². The van der Waals surface area contributed by atoms with E-state index in [0.717, 1.165) is 0 Å². The molecule has 0 aromatic carbocycles. The topological polar surface area (TPSA) is 69.6 Å². The summed E-state index contributed by atoms with van der Waals surface area (Å²) in [6.45, 7) is 3.91. The largest absolute Gasteiger partial charge is 0.481 e. The first-order valence-corrected chi connectivity index (χ1v) is 5.05. The van der Waals surface area contributed by atoms with Gasteiger partial charge in [-0.3, -0.25) is 4.79 Å². The number of hydrogen-bond donors (Lipinski definition) is 2. The molecule has 2 amide bonds. The lowest BCUT2D eigenvalue weighted by molar-refractivity contribution is -0.137. The number of hydrogen-bond acceptors (Lipinski definition) is 2. The average Bonchev–Trinajstić information content (AvgIpc) is 2.16. The molecule has 0 saturated carbocycles. The quantitative estimate of drug-likeness (QED) is 0.680. The first-order chi connectivity index (χ1) is 7.38. The van der Waals surface area contributed by atoms with Gasteiger partial charge >= 0.3 is 12.0 Å². The molecule has 0 heterocycles. The molecule has 0 aliphatic carbocycles. The summed E-state index contributed by atoms with van der Waals surface area (Å²) in [5, 5.41) is 11.3. The summed E-state index contributed by atoms with van der Waals surface area (Å²) < 4.78 is 0. The molecule has 2 N–H and O–H groups in total. The summed E-state index contributed by atoms with van der Waals surface area (Å²) in [6.07, 6.45) is 4.98. The molecule has 5 heteroatoms. The number of urea groups is 1. The molecule has 0 radical (unpaired) electrons. The van der Waals surface area contributed by atoms with Gasteiger partial charge in [-0.15, -0.1) is 6.42 Å². The highest BCUT2D eigenvalue weighted by molar-refractivity contribution is 5.76. The van der Waals surface area contributed by atoms with E-state index in [-0.39, 0.29) is 31.0 Å². The number of amides is 2. The van der Waals surface area contributed by atoms with Gasteiger partial charge < -0.3 is 15.3 Å². The molecule has 0 bridgehead atoms. The molecule has 16 heavy (non-hydrogen) atoms. The molecule has 0 rings (SSSR count). The molecule has 0 aliphatic rings. The molecule has 0 spiro atoms. The minimum Gasteiger partial charge on any atom is -0.481 e. The predicted octanol–water partition coefficient (Wildman–Crippen LogP) is 0.760. The van der Waals surface area contributed by atoms with Crippen LogP contribution in [0.3, 0.4) is 0 Å². The second-order valence-corrected chi connectivity index (χ2v) is 3.96. The van der Waals surface area contributed by atoms with Crippen LogP contribution in [0.1, 0.15) is 20.3 Å². The number of nitrogens with one attached hydrogen (secondary N) is 1. The van der Waals surface area contributed by atoms with Crippen LogP contribution in [0.2, 0.25) is 0 Å². The summed E-state index contributed by atoms with van der Waals surface area (Å²) in [6, 6.07) is -0.733. The Morgan fingerprint density at radius 2 is 2.06 bits per heavy atom. The van der Waals surface area contributed by atoms with E-state index in [0.29, 0.717) is 0 Å². The predicted molar refractivity (Wildman–Crippen MR) is 60.9 cm³/mol. The lowest BCUT2D eigenvalue weighted by Crippen LogP contribution is -2.46. The van der Waals surface area contributed by atoms with Crippen molar-refractivity contribution in [2.45, 2.75) is 26.3 Å². The summed E-state index contributed by atoms with van der Waals surface area (Å²) in [5.41, 5.74) is 0. The summed E-state index contributed by atoms with van der Waals surface area (Å²) in [5.74, 6) is 1.46. The van der Waals surface area contributed by atoms with Crippen molar-refractivity contribution in [3.05, 3.63) is 0 Å². The molecule has 0 aromatic heterocycles. The Balaban J connectivity index is 4.35. The number of carbonyl (C=O) groups is 2. The molecule has 0 saturated heterocycles. The zero-order valence-corrected chi connectivity index (χ0v) is 9.86. The van der Waals surface area contributed by atoms with E-state index < -0.39 is 5.97 Å². The standard InChI is InChI=1S/C11H18N2O3/c1-5-6-13(4)11(16)12-9(8(2)3)7-10(14)15/h1,8-9H,6-7H2,2-4H3,(H,12,16)(H,14,15). The van der Waals surface area contributed by atoms with Crippen LogP contribution in [0.15, 0.2) is 0 Å². The highest BCUT2D eigenvalue weighted by Crippen LogP contribution is 2.06. The molecule has 0 aromatic rings. The third kappa shape index (κ3) is 5.25. The summed E-state index contributed by atoms with van der Waals surface area (Å²) in [7, 11) is 1.56. The van der Waals surface area contributed by atoms with Gasteiger partial charge in [-0.05, 0) is 5.92 Å². The lowest BCUT2D eigenvalue weighted by Gasteiger charge is -2.24. The fraction of sp³-hybridized carbons (Fsp3) is 0.636. The molecule has 5 nitrogen and oxygen atoms in total. The van der Waals surface area contributed by atoms with Gasteiger partial charge in [-0.25, -0.2) is 4.79 Å². The second kappa shape index (κ2) is 6.72. The first kappa shape index (κ1) is 14.3. The Bertz CT molecular complexity index is 294. The van der Waals surface area contributed by atoms with E-state index in [1.54, 1.807) is 7.05 Å². The van der Waals surface area contributed by atoms with E-state index in [1.807, 2.05) is 13.8 Å². The highest BCUT2D eigenvalue weighted by Gasteiger charge is 2.20. The van der Waals surface area contributed by atoms with Crippen molar-refractivity contribution in [3.8, 4) is 12.3 Å². The molecule has 0 fully saturated rings. The monoisotopic (exact) mass is 226 g/mol. The minimum atomic E-state index is -0.932. The Hall–Kier alpha value is -1.70. The van der Waals surface area contributed by atoms with E-state index in [2.05, 4.69) is 11.2 Å². The SMILES string of the molecule is C#CCN(C)C(=O)NC(CC(=O)O)C(C)C. The highest BCUT2D eigenvalue weighted by atomic mass is 16.4. The van der Waals surface area contributed by atoms with E-state index in [1.165, 1.54) is 4.90 Å². The number of carboxylic acid groups (broad SMARTS) is 1. The van der Waals surface area contributed by atoms with E-state index in [4.69, 9.17) is 11.5 Å². The van der Waals surface area contributed by atoms with E-state index in [9.17, 15) is 9.59 Å². The second-order valence-electron chi connectivity index (χ2n) is 3.96. The van der Waals surface area contributed by atoms with Gasteiger partial charge in [-0.1, -0.05) is 19.8 Å². The Morgan fingerprint density at radius 1 is 1.50 bits per heavy atom. The van der Waals surface area contributed by atoms with Crippen molar-refractivity contribution in [2.24, 2.45) is 5.92 Å². The smallest absolute Gasteiger partial charge is 0.318 e. The number of terminal acetylenes is 1. The van der Waals surface area contributed by atoms with Crippen molar-refractivity contribution < 1.29 is 14.7 Å². The van der Waals surface area contributed by atoms with Crippen LogP contribution in [0.4, 0.5) is 4.79 Å².